The molecule has 2 fully saturated rings. The SMILES string of the molecule is CC1COCCN1S(=O)(=O)CCCCNC1CC1. The fraction of sp³-hybridized carbons (Fsp3) is 1.00. The standard InChI is InChI=1S/C12H24N2O3S/c1-11-10-17-8-7-14(11)18(15,16)9-3-2-6-13-12-4-5-12/h11-13H,2-10H2,1H3. The van der Waals surface area contributed by atoms with Gasteiger partial charge >= 0.3 is 0 Å². The zero-order valence-electron chi connectivity index (χ0n) is 11.1. The first-order valence-corrected chi connectivity index (χ1v) is 8.51. The Labute approximate surface area is 110 Å². The Hall–Kier alpha value is -0.170. The van der Waals surface area contributed by atoms with Gasteiger partial charge in [0.05, 0.1) is 19.0 Å². The summed E-state index contributed by atoms with van der Waals surface area (Å²) in [7, 11) is -3.09. The smallest absolute Gasteiger partial charge is 0.214 e. The van der Waals surface area contributed by atoms with Crippen molar-refractivity contribution in [1.29, 1.82) is 0 Å². The van der Waals surface area contributed by atoms with Gasteiger partial charge in [0.25, 0.3) is 0 Å². The summed E-state index contributed by atoms with van der Waals surface area (Å²) in [6.07, 6.45) is 4.24. The van der Waals surface area contributed by atoms with E-state index in [-0.39, 0.29) is 11.8 Å². The lowest BCUT2D eigenvalue weighted by atomic mass is 10.3. The van der Waals surface area contributed by atoms with Crippen molar-refractivity contribution in [3.63, 3.8) is 0 Å². The van der Waals surface area contributed by atoms with Crippen LogP contribution in [-0.4, -0.2) is 56.9 Å². The molecule has 1 N–H and O–H groups in total. The Balaban J connectivity index is 1.68. The van der Waals surface area contributed by atoms with Crippen LogP contribution in [0, 0.1) is 0 Å². The molecule has 0 radical (unpaired) electrons. The summed E-state index contributed by atoms with van der Waals surface area (Å²) in [5.74, 6) is 0.268. The van der Waals surface area contributed by atoms with E-state index in [1.807, 2.05) is 6.92 Å². The Morgan fingerprint density at radius 3 is 2.78 bits per heavy atom. The number of morpholine rings is 1. The lowest BCUT2D eigenvalue weighted by molar-refractivity contribution is 0.0393. The average molecular weight is 276 g/mol. The van der Waals surface area contributed by atoms with Crippen molar-refractivity contribution in [2.75, 3.05) is 32.1 Å². The number of hydrogen-bond acceptors (Lipinski definition) is 4. The zero-order valence-corrected chi connectivity index (χ0v) is 11.9. The molecule has 0 aromatic rings. The highest BCUT2D eigenvalue weighted by Crippen LogP contribution is 2.18. The average Bonchev–Trinajstić information content (AvgIpc) is 3.13. The van der Waals surface area contributed by atoms with Crippen molar-refractivity contribution >= 4 is 10.0 Å². The number of sulfonamides is 1. The van der Waals surface area contributed by atoms with Crippen molar-refractivity contribution < 1.29 is 13.2 Å². The van der Waals surface area contributed by atoms with Crippen molar-refractivity contribution in [3.8, 4) is 0 Å². The first-order chi connectivity index (χ1) is 8.59. The third-order valence-corrected chi connectivity index (χ3v) is 5.57. The van der Waals surface area contributed by atoms with E-state index in [1.165, 1.54) is 12.8 Å². The molecule has 1 heterocycles. The second kappa shape index (κ2) is 6.32. The Kier molecular flexibility index (Phi) is 5.00. The van der Waals surface area contributed by atoms with Crippen LogP contribution in [0.2, 0.25) is 0 Å². The second-order valence-electron chi connectivity index (χ2n) is 5.29. The van der Waals surface area contributed by atoms with Gasteiger partial charge in [-0.25, -0.2) is 8.42 Å². The Bertz CT molecular complexity index is 354. The molecule has 0 bridgehead atoms. The number of nitrogens with zero attached hydrogens (tertiary/aromatic N) is 1. The van der Waals surface area contributed by atoms with E-state index in [0.717, 1.165) is 19.4 Å². The van der Waals surface area contributed by atoms with Crippen molar-refractivity contribution in [1.82, 2.24) is 9.62 Å². The van der Waals surface area contributed by atoms with Crippen molar-refractivity contribution in [3.05, 3.63) is 0 Å². The largest absolute Gasteiger partial charge is 0.378 e. The van der Waals surface area contributed by atoms with E-state index in [4.69, 9.17) is 4.74 Å². The highest BCUT2D eigenvalue weighted by Gasteiger charge is 2.29. The normalized spacial score (nSPS) is 26.4. The molecule has 1 saturated heterocycles. The van der Waals surface area contributed by atoms with Crippen LogP contribution in [0.25, 0.3) is 0 Å². The first kappa shape index (κ1) is 14.2. The number of nitrogens with one attached hydrogen (secondary N) is 1. The van der Waals surface area contributed by atoms with Crippen molar-refractivity contribution in [2.45, 2.75) is 44.7 Å². The predicted molar refractivity (Wildman–Crippen MR) is 71.0 cm³/mol. The lowest BCUT2D eigenvalue weighted by Crippen LogP contribution is -2.47. The molecule has 106 valence electrons. The molecule has 1 aliphatic heterocycles. The summed E-state index contributed by atoms with van der Waals surface area (Å²) < 4.78 is 31.2. The predicted octanol–water partition coefficient (Wildman–Crippen LogP) is 0.569. The molecule has 6 heteroatoms. The van der Waals surface area contributed by atoms with Crippen LogP contribution in [-0.2, 0) is 14.8 Å². The quantitative estimate of drug-likeness (QED) is 0.691. The van der Waals surface area contributed by atoms with E-state index in [0.29, 0.717) is 25.8 Å². The van der Waals surface area contributed by atoms with Crippen molar-refractivity contribution in [2.24, 2.45) is 0 Å². The molecule has 1 aliphatic carbocycles. The molecular weight excluding hydrogens is 252 g/mol. The second-order valence-corrected chi connectivity index (χ2v) is 7.33. The number of hydrogen-bond donors (Lipinski definition) is 1. The maximum absolute atomic E-state index is 12.2. The fourth-order valence-corrected chi connectivity index (χ4v) is 4.01. The molecule has 0 aromatic carbocycles. The van der Waals surface area contributed by atoms with E-state index in [1.54, 1.807) is 4.31 Å². The van der Waals surface area contributed by atoms with Gasteiger partial charge in [0, 0.05) is 18.6 Å². The van der Waals surface area contributed by atoms with Crippen LogP contribution in [0.15, 0.2) is 0 Å². The van der Waals surface area contributed by atoms with Gasteiger partial charge < -0.3 is 10.1 Å². The van der Waals surface area contributed by atoms with Crippen LogP contribution < -0.4 is 5.32 Å². The topological polar surface area (TPSA) is 58.6 Å². The number of ether oxygens (including phenoxy) is 1. The van der Waals surface area contributed by atoms with Crippen LogP contribution in [0.4, 0.5) is 0 Å². The molecule has 2 aliphatic rings. The lowest BCUT2D eigenvalue weighted by Gasteiger charge is -2.32. The van der Waals surface area contributed by atoms with Gasteiger partial charge in [0.15, 0.2) is 0 Å². The van der Waals surface area contributed by atoms with Crippen LogP contribution in [0.1, 0.15) is 32.6 Å². The molecule has 1 unspecified atom stereocenters. The monoisotopic (exact) mass is 276 g/mol. The summed E-state index contributed by atoms with van der Waals surface area (Å²) in [4.78, 5) is 0. The van der Waals surface area contributed by atoms with Crippen LogP contribution in [0.3, 0.4) is 0 Å². The van der Waals surface area contributed by atoms with E-state index >= 15 is 0 Å². The van der Waals surface area contributed by atoms with E-state index in [9.17, 15) is 8.42 Å². The van der Waals surface area contributed by atoms with Gasteiger partial charge in [-0.15, -0.1) is 0 Å². The summed E-state index contributed by atoms with van der Waals surface area (Å²) >= 11 is 0. The summed E-state index contributed by atoms with van der Waals surface area (Å²) in [5, 5.41) is 3.40. The third-order valence-electron chi connectivity index (χ3n) is 3.50. The maximum Gasteiger partial charge on any atom is 0.214 e. The zero-order chi connectivity index (χ0) is 13.0. The van der Waals surface area contributed by atoms with Gasteiger partial charge in [0.2, 0.25) is 10.0 Å². The van der Waals surface area contributed by atoms with Crippen LogP contribution >= 0.6 is 0 Å². The Morgan fingerprint density at radius 2 is 2.11 bits per heavy atom. The molecule has 2 rings (SSSR count). The van der Waals surface area contributed by atoms with E-state index < -0.39 is 10.0 Å². The molecule has 0 aromatic heterocycles. The molecule has 0 spiro atoms. The minimum atomic E-state index is -3.09. The third kappa shape index (κ3) is 4.19. The number of rotatable bonds is 7. The van der Waals surface area contributed by atoms with E-state index in [2.05, 4.69) is 5.32 Å². The van der Waals surface area contributed by atoms with Gasteiger partial charge in [-0.05, 0) is 39.2 Å². The maximum atomic E-state index is 12.2. The fourth-order valence-electron chi connectivity index (χ4n) is 2.25. The molecule has 1 saturated carbocycles. The highest BCUT2D eigenvalue weighted by atomic mass is 32.2. The summed E-state index contributed by atoms with van der Waals surface area (Å²) in [6, 6.07) is 0.689. The summed E-state index contributed by atoms with van der Waals surface area (Å²) in [5.41, 5.74) is 0. The molecule has 18 heavy (non-hydrogen) atoms. The minimum Gasteiger partial charge on any atom is -0.378 e. The minimum absolute atomic E-state index is 0.0201. The van der Waals surface area contributed by atoms with Crippen LogP contribution in [0.5, 0.6) is 0 Å². The van der Waals surface area contributed by atoms with Gasteiger partial charge in [-0.2, -0.15) is 4.31 Å². The molecule has 0 amide bonds. The van der Waals surface area contributed by atoms with Gasteiger partial charge in [-0.1, -0.05) is 0 Å². The van der Waals surface area contributed by atoms with Gasteiger partial charge in [0.1, 0.15) is 0 Å². The number of unbranched alkanes of at least 4 members (excludes halogenated alkanes) is 1. The van der Waals surface area contributed by atoms with Gasteiger partial charge in [-0.3, -0.25) is 0 Å². The molecule has 1 atom stereocenters. The highest BCUT2D eigenvalue weighted by molar-refractivity contribution is 7.89. The molecular formula is C12H24N2O3S. The Morgan fingerprint density at radius 1 is 1.33 bits per heavy atom. The summed E-state index contributed by atoms with van der Waals surface area (Å²) in [6.45, 7) is 4.39. The first-order valence-electron chi connectivity index (χ1n) is 6.90. The molecule has 5 nitrogen and oxygen atoms in total.